The van der Waals surface area contributed by atoms with Crippen molar-refractivity contribution in [3.8, 4) is 5.75 Å². The zero-order valence-electron chi connectivity index (χ0n) is 10.7. The van der Waals surface area contributed by atoms with Crippen molar-refractivity contribution in [2.45, 2.75) is 39.0 Å². The Kier molecular flexibility index (Phi) is 4.62. The van der Waals surface area contributed by atoms with Crippen molar-refractivity contribution in [3.05, 3.63) is 29.8 Å². The van der Waals surface area contributed by atoms with Crippen LogP contribution in [-0.4, -0.2) is 28.8 Å². The van der Waals surface area contributed by atoms with Gasteiger partial charge in [0.1, 0.15) is 5.75 Å². The van der Waals surface area contributed by atoms with Gasteiger partial charge < -0.3 is 5.11 Å². The zero-order valence-corrected chi connectivity index (χ0v) is 10.7. The quantitative estimate of drug-likeness (QED) is 0.892. The minimum absolute atomic E-state index is 0.0649. The normalized spacial score (nSPS) is 14.2. The molecule has 2 nitrogen and oxygen atoms in total. The topological polar surface area (TPSA) is 23.5 Å². The summed E-state index contributed by atoms with van der Waals surface area (Å²) in [7, 11) is 0. The molecule has 0 amide bonds. The van der Waals surface area contributed by atoms with Gasteiger partial charge in [-0.2, -0.15) is 13.2 Å². The minimum Gasteiger partial charge on any atom is -0.508 e. The van der Waals surface area contributed by atoms with E-state index in [4.69, 9.17) is 0 Å². The summed E-state index contributed by atoms with van der Waals surface area (Å²) in [6.07, 6.45) is -4.23. The monoisotopic (exact) mass is 261 g/mol. The number of halogens is 3. The molecular formula is C13H18F3NO. The third-order valence-electron chi connectivity index (χ3n) is 2.88. The Labute approximate surface area is 105 Å². The Morgan fingerprint density at radius 2 is 1.83 bits per heavy atom. The van der Waals surface area contributed by atoms with Crippen LogP contribution in [0.1, 0.15) is 32.4 Å². The van der Waals surface area contributed by atoms with Crippen LogP contribution in [0.15, 0.2) is 24.3 Å². The molecule has 5 heteroatoms. The van der Waals surface area contributed by atoms with E-state index in [1.54, 1.807) is 32.9 Å². The van der Waals surface area contributed by atoms with Crippen molar-refractivity contribution >= 4 is 0 Å². The number of phenols is 1. The largest absolute Gasteiger partial charge is 0.508 e. The van der Waals surface area contributed by atoms with Crippen LogP contribution in [-0.2, 0) is 0 Å². The molecule has 0 bridgehead atoms. The number of rotatable bonds is 4. The molecule has 0 aliphatic heterocycles. The lowest BCUT2D eigenvalue weighted by atomic mass is 10.1. The number of hydrogen-bond acceptors (Lipinski definition) is 2. The maximum absolute atomic E-state index is 12.5. The molecule has 0 saturated heterocycles. The standard InChI is InChI=1S/C13H18F3NO/c1-9(2)17(8-13(14,15)16)10(3)11-5-4-6-12(18)7-11/h4-7,9-10,18H,8H2,1-3H3. The fourth-order valence-electron chi connectivity index (χ4n) is 1.95. The van der Waals surface area contributed by atoms with Crippen LogP contribution in [0, 0.1) is 0 Å². The molecule has 1 N–H and O–H groups in total. The van der Waals surface area contributed by atoms with Gasteiger partial charge in [0.2, 0.25) is 0 Å². The fraction of sp³-hybridized carbons (Fsp3) is 0.538. The number of aromatic hydroxyl groups is 1. The van der Waals surface area contributed by atoms with Crippen molar-refractivity contribution < 1.29 is 18.3 Å². The smallest absolute Gasteiger partial charge is 0.401 e. The lowest BCUT2D eigenvalue weighted by Crippen LogP contribution is -2.40. The van der Waals surface area contributed by atoms with Crippen LogP contribution in [0.5, 0.6) is 5.75 Å². The van der Waals surface area contributed by atoms with E-state index in [0.717, 1.165) is 0 Å². The highest BCUT2D eigenvalue weighted by atomic mass is 19.4. The third-order valence-corrected chi connectivity index (χ3v) is 2.88. The lowest BCUT2D eigenvalue weighted by Gasteiger charge is -2.33. The Hall–Kier alpha value is -1.23. The first-order chi connectivity index (χ1) is 8.20. The summed E-state index contributed by atoms with van der Waals surface area (Å²) < 4.78 is 37.6. The van der Waals surface area contributed by atoms with E-state index in [-0.39, 0.29) is 11.8 Å². The highest BCUT2D eigenvalue weighted by molar-refractivity contribution is 5.29. The number of phenolic OH excluding ortho intramolecular Hbond substituents is 1. The summed E-state index contributed by atoms with van der Waals surface area (Å²) in [5.41, 5.74) is 0.674. The van der Waals surface area contributed by atoms with Crippen LogP contribution in [0.4, 0.5) is 13.2 Å². The van der Waals surface area contributed by atoms with Gasteiger partial charge in [-0.25, -0.2) is 0 Å². The molecule has 0 saturated carbocycles. The predicted octanol–water partition coefficient (Wildman–Crippen LogP) is 3.73. The van der Waals surface area contributed by atoms with Crippen LogP contribution in [0.3, 0.4) is 0 Å². The van der Waals surface area contributed by atoms with Crippen LogP contribution in [0.25, 0.3) is 0 Å². The van der Waals surface area contributed by atoms with Crippen molar-refractivity contribution in [1.29, 1.82) is 0 Å². The highest BCUT2D eigenvalue weighted by Gasteiger charge is 2.34. The van der Waals surface area contributed by atoms with Crippen molar-refractivity contribution in [2.24, 2.45) is 0 Å². The first-order valence-corrected chi connectivity index (χ1v) is 5.82. The van der Waals surface area contributed by atoms with E-state index in [9.17, 15) is 18.3 Å². The van der Waals surface area contributed by atoms with E-state index in [1.807, 2.05) is 0 Å². The Morgan fingerprint density at radius 3 is 2.28 bits per heavy atom. The summed E-state index contributed by atoms with van der Waals surface area (Å²) >= 11 is 0. The molecule has 1 unspecified atom stereocenters. The van der Waals surface area contributed by atoms with Gasteiger partial charge in [0.25, 0.3) is 0 Å². The van der Waals surface area contributed by atoms with Crippen molar-refractivity contribution in [2.75, 3.05) is 6.54 Å². The SMILES string of the molecule is CC(C)N(CC(F)(F)F)C(C)c1cccc(O)c1. The second-order valence-corrected chi connectivity index (χ2v) is 4.65. The summed E-state index contributed by atoms with van der Waals surface area (Å²) in [6, 6.07) is 5.71. The molecule has 18 heavy (non-hydrogen) atoms. The first kappa shape index (κ1) is 14.8. The maximum Gasteiger partial charge on any atom is 0.401 e. The molecule has 1 aromatic carbocycles. The molecule has 1 aromatic rings. The molecule has 0 fully saturated rings. The van der Waals surface area contributed by atoms with Crippen molar-refractivity contribution in [1.82, 2.24) is 4.90 Å². The van der Waals surface area contributed by atoms with Gasteiger partial charge in [0, 0.05) is 12.1 Å². The van der Waals surface area contributed by atoms with Gasteiger partial charge in [-0.15, -0.1) is 0 Å². The van der Waals surface area contributed by atoms with E-state index >= 15 is 0 Å². The first-order valence-electron chi connectivity index (χ1n) is 5.82. The van der Waals surface area contributed by atoms with Crippen LogP contribution >= 0.6 is 0 Å². The average Bonchev–Trinajstić information content (AvgIpc) is 2.23. The van der Waals surface area contributed by atoms with E-state index < -0.39 is 18.8 Å². The van der Waals surface area contributed by atoms with E-state index in [1.165, 1.54) is 17.0 Å². The second kappa shape index (κ2) is 5.61. The number of hydrogen-bond donors (Lipinski definition) is 1. The summed E-state index contributed by atoms with van der Waals surface area (Å²) in [6.45, 7) is 4.21. The molecular weight excluding hydrogens is 243 g/mol. The Balaban J connectivity index is 2.92. The minimum atomic E-state index is -4.23. The number of nitrogens with zero attached hydrogens (tertiary/aromatic N) is 1. The Bertz CT molecular complexity index is 390. The van der Waals surface area contributed by atoms with E-state index in [0.29, 0.717) is 5.56 Å². The third kappa shape index (κ3) is 4.22. The van der Waals surface area contributed by atoms with Gasteiger partial charge in [0.15, 0.2) is 0 Å². The number of alkyl halides is 3. The van der Waals surface area contributed by atoms with Gasteiger partial charge in [-0.1, -0.05) is 12.1 Å². The van der Waals surface area contributed by atoms with Crippen molar-refractivity contribution in [3.63, 3.8) is 0 Å². The molecule has 0 aliphatic carbocycles. The Morgan fingerprint density at radius 1 is 1.22 bits per heavy atom. The molecule has 1 rings (SSSR count). The van der Waals surface area contributed by atoms with Crippen LogP contribution < -0.4 is 0 Å². The summed E-state index contributed by atoms with van der Waals surface area (Å²) in [5, 5.41) is 9.37. The molecule has 1 atom stereocenters. The van der Waals surface area contributed by atoms with Crippen LogP contribution in [0.2, 0.25) is 0 Å². The maximum atomic E-state index is 12.5. The molecule has 102 valence electrons. The second-order valence-electron chi connectivity index (χ2n) is 4.65. The molecule has 0 aromatic heterocycles. The van der Waals surface area contributed by atoms with Gasteiger partial charge in [0.05, 0.1) is 6.54 Å². The van der Waals surface area contributed by atoms with Gasteiger partial charge in [-0.3, -0.25) is 4.90 Å². The summed E-state index contributed by atoms with van der Waals surface area (Å²) in [5.74, 6) is 0.0649. The molecule has 0 heterocycles. The molecule has 0 aliphatic rings. The van der Waals surface area contributed by atoms with E-state index in [2.05, 4.69) is 0 Å². The predicted molar refractivity (Wildman–Crippen MR) is 64.4 cm³/mol. The lowest BCUT2D eigenvalue weighted by molar-refractivity contribution is -0.154. The van der Waals surface area contributed by atoms with Gasteiger partial charge >= 0.3 is 6.18 Å². The molecule has 0 spiro atoms. The fourth-order valence-corrected chi connectivity index (χ4v) is 1.95. The molecule has 0 radical (unpaired) electrons. The average molecular weight is 261 g/mol. The van der Waals surface area contributed by atoms with Gasteiger partial charge in [-0.05, 0) is 38.5 Å². The summed E-state index contributed by atoms with van der Waals surface area (Å²) in [4.78, 5) is 1.36. The zero-order chi connectivity index (χ0) is 13.9. The number of benzene rings is 1. The highest BCUT2D eigenvalue weighted by Crippen LogP contribution is 2.28.